The average Bonchev–Trinajstić information content (AvgIpc) is 3.14. The zero-order valence-electron chi connectivity index (χ0n) is 15.9. The maximum absolute atomic E-state index is 13.5. The molecule has 1 aromatic carbocycles. The van der Waals surface area contributed by atoms with Crippen molar-refractivity contribution < 1.29 is 22.4 Å². The molecular weight excluding hydrogens is 410 g/mol. The number of nitrogens with zero attached hydrogens (tertiary/aromatic N) is 2. The van der Waals surface area contributed by atoms with Crippen LogP contribution in [0.3, 0.4) is 0 Å². The molecule has 0 unspecified atom stereocenters. The fraction of sp³-hybridized carbons (Fsp3) is 0.389. The van der Waals surface area contributed by atoms with E-state index in [0.29, 0.717) is 24.6 Å². The summed E-state index contributed by atoms with van der Waals surface area (Å²) >= 11 is 0.887. The number of thiazole rings is 1. The SMILES string of the molecule is CCNC(=NCc1nc(C(F)(F)F)cs1)NCCNC(=O)c1ccc(C)c(F)c1. The van der Waals surface area contributed by atoms with Crippen LogP contribution < -0.4 is 16.0 Å². The lowest BCUT2D eigenvalue weighted by atomic mass is 10.1. The lowest BCUT2D eigenvalue weighted by Crippen LogP contribution is -2.41. The van der Waals surface area contributed by atoms with Gasteiger partial charge in [0.1, 0.15) is 10.8 Å². The van der Waals surface area contributed by atoms with Crippen LogP contribution in [-0.2, 0) is 12.7 Å². The Morgan fingerprint density at radius 1 is 1.21 bits per heavy atom. The van der Waals surface area contributed by atoms with Crippen molar-refractivity contribution in [2.45, 2.75) is 26.6 Å². The third-order valence-corrected chi connectivity index (χ3v) is 4.53. The third kappa shape index (κ3) is 7.00. The standard InChI is InChI=1S/C18H21F4N5OS/c1-3-23-17(26-9-15-27-14(10-29-15)18(20,21)22)25-7-6-24-16(28)12-5-4-11(2)13(19)8-12/h4-5,8,10H,3,6-7,9H2,1-2H3,(H,24,28)(H2,23,25,26). The number of hydrogen-bond donors (Lipinski definition) is 3. The molecule has 0 aliphatic rings. The minimum absolute atomic E-state index is 0.00885. The monoisotopic (exact) mass is 431 g/mol. The first-order valence-corrected chi connectivity index (χ1v) is 9.66. The summed E-state index contributed by atoms with van der Waals surface area (Å²) < 4.78 is 51.3. The molecular formula is C18H21F4N5OS. The number of hydrogen-bond acceptors (Lipinski definition) is 4. The number of aryl methyl sites for hydroxylation is 1. The predicted molar refractivity (Wildman–Crippen MR) is 103 cm³/mol. The Labute approximate surface area is 169 Å². The van der Waals surface area contributed by atoms with Gasteiger partial charge in [-0.3, -0.25) is 4.79 Å². The first-order chi connectivity index (χ1) is 13.7. The Morgan fingerprint density at radius 3 is 2.55 bits per heavy atom. The number of aromatic nitrogens is 1. The molecule has 2 rings (SSSR count). The largest absolute Gasteiger partial charge is 0.434 e. The van der Waals surface area contributed by atoms with E-state index in [9.17, 15) is 22.4 Å². The van der Waals surface area contributed by atoms with Gasteiger partial charge in [0, 0.05) is 30.6 Å². The number of halogens is 4. The molecule has 11 heteroatoms. The van der Waals surface area contributed by atoms with Crippen LogP contribution in [0.4, 0.5) is 17.6 Å². The molecule has 1 amide bonds. The van der Waals surface area contributed by atoms with Gasteiger partial charge in [-0.1, -0.05) is 6.07 Å². The normalized spacial score (nSPS) is 12.0. The quantitative estimate of drug-likeness (QED) is 0.273. The molecule has 2 aromatic rings. The van der Waals surface area contributed by atoms with E-state index in [-0.39, 0.29) is 23.7 Å². The van der Waals surface area contributed by atoms with Crippen LogP contribution in [0.2, 0.25) is 0 Å². The molecule has 3 N–H and O–H groups in total. The number of aliphatic imine (C=N–C) groups is 1. The van der Waals surface area contributed by atoms with Crippen molar-refractivity contribution in [1.29, 1.82) is 0 Å². The third-order valence-electron chi connectivity index (χ3n) is 3.70. The van der Waals surface area contributed by atoms with Gasteiger partial charge in [-0.05, 0) is 31.5 Å². The minimum atomic E-state index is -4.47. The molecule has 0 atom stereocenters. The zero-order valence-corrected chi connectivity index (χ0v) is 16.7. The molecule has 0 aliphatic carbocycles. The summed E-state index contributed by atoms with van der Waals surface area (Å²) in [7, 11) is 0. The number of guanidine groups is 1. The van der Waals surface area contributed by atoms with Crippen molar-refractivity contribution in [2.24, 2.45) is 4.99 Å². The molecule has 0 aliphatic heterocycles. The molecule has 0 fully saturated rings. The zero-order chi connectivity index (χ0) is 21.4. The van der Waals surface area contributed by atoms with Crippen molar-refractivity contribution in [3.63, 3.8) is 0 Å². The Hall–Kier alpha value is -2.69. The van der Waals surface area contributed by atoms with Gasteiger partial charge in [-0.2, -0.15) is 13.2 Å². The molecule has 1 heterocycles. The lowest BCUT2D eigenvalue weighted by Gasteiger charge is -2.11. The number of carbonyl (C=O) groups is 1. The summed E-state index contributed by atoms with van der Waals surface area (Å²) in [5.41, 5.74) is -0.254. The topological polar surface area (TPSA) is 78.4 Å². The predicted octanol–water partition coefficient (Wildman–Crippen LogP) is 3.09. The number of alkyl halides is 3. The number of carbonyl (C=O) groups excluding carboxylic acids is 1. The molecule has 158 valence electrons. The number of rotatable bonds is 7. The molecule has 0 bridgehead atoms. The van der Waals surface area contributed by atoms with Gasteiger partial charge in [0.25, 0.3) is 5.91 Å². The van der Waals surface area contributed by atoms with Crippen LogP contribution in [-0.4, -0.2) is 36.5 Å². The molecule has 1 aromatic heterocycles. The smallest absolute Gasteiger partial charge is 0.357 e. The van der Waals surface area contributed by atoms with E-state index in [0.717, 1.165) is 16.7 Å². The Balaban J connectivity index is 1.84. The van der Waals surface area contributed by atoms with Crippen molar-refractivity contribution in [2.75, 3.05) is 19.6 Å². The maximum Gasteiger partial charge on any atom is 0.434 e. The van der Waals surface area contributed by atoms with Crippen LogP contribution in [0, 0.1) is 12.7 Å². The van der Waals surface area contributed by atoms with Crippen molar-refractivity contribution in [3.05, 3.63) is 51.2 Å². The highest BCUT2D eigenvalue weighted by molar-refractivity contribution is 7.09. The minimum Gasteiger partial charge on any atom is -0.357 e. The summed E-state index contributed by atoms with van der Waals surface area (Å²) in [5, 5.41) is 9.76. The van der Waals surface area contributed by atoms with E-state index in [1.165, 1.54) is 18.2 Å². The van der Waals surface area contributed by atoms with Crippen LogP contribution >= 0.6 is 11.3 Å². The number of amides is 1. The second-order valence-electron chi connectivity index (χ2n) is 5.97. The van der Waals surface area contributed by atoms with E-state index in [2.05, 4.69) is 25.9 Å². The van der Waals surface area contributed by atoms with Gasteiger partial charge in [-0.25, -0.2) is 14.4 Å². The molecule has 29 heavy (non-hydrogen) atoms. The average molecular weight is 431 g/mol. The summed E-state index contributed by atoms with van der Waals surface area (Å²) in [6.45, 7) is 4.55. The lowest BCUT2D eigenvalue weighted by molar-refractivity contribution is -0.140. The van der Waals surface area contributed by atoms with E-state index < -0.39 is 23.6 Å². The Morgan fingerprint density at radius 2 is 1.93 bits per heavy atom. The number of nitrogens with one attached hydrogen (secondary N) is 3. The highest BCUT2D eigenvalue weighted by Crippen LogP contribution is 2.30. The Bertz CT molecular complexity index is 866. The second-order valence-corrected chi connectivity index (χ2v) is 6.91. The molecule has 6 nitrogen and oxygen atoms in total. The van der Waals surface area contributed by atoms with Crippen LogP contribution in [0.5, 0.6) is 0 Å². The fourth-order valence-electron chi connectivity index (χ4n) is 2.20. The molecule has 0 saturated carbocycles. The van der Waals surface area contributed by atoms with Crippen molar-refractivity contribution in [3.8, 4) is 0 Å². The van der Waals surface area contributed by atoms with Gasteiger partial charge >= 0.3 is 6.18 Å². The fourth-order valence-corrected chi connectivity index (χ4v) is 2.92. The summed E-state index contributed by atoms with van der Waals surface area (Å²) in [4.78, 5) is 19.7. The summed E-state index contributed by atoms with van der Waals surface area (Å²) in [6.07, 6.45) is -4.47. The van der Waals surface area contributed by atoms with Crippen molar-refractivity contribution >= 4 is 23.2 Å². The van der Waals surface area contributed by atoms with Gasteiger partial charge in [-0.15, -0.1) is 11.3 Å². The van der Waals surface area contributed by atoms with E-state index >= 15 is 0 Å². The van der Waals surface area contributed by atoms with Crippen molar-refractivity contribution in [1.82, 2.24) is 20.9 Å². The van der Waals surface area contributed by atoms with Gasteiger partial charge in [0.05, 0.1) is 6.54 Å². The summed E-state index contributed by atoms with van der Waals surface area (Å²) in [5.74, 6) is -0.477. The molecule has 0 radical (unpaired) electrons. The molecule has 0 saturated heterocycles. The maximum atomic E-state index is 13.5. The number of benzene rings is 1. The highest BCUT2D eigenvalue weighted by Gasteiger charge is 2.33. The first kappa shape index (κ1) is 22.6. The first-order valence-electron chi connectivity index (χ1n) is 8.78. The Kier molecular flexibility index (Phi) is 7.94. The van der Waals surface area contributed by atoms with Crippen LogP contribution in [0.15, 0.2) is 28.6 Å². The van der Waals surface area contributed by atoms with E-state index in [1.807, 2.05) is 6.92 Å². The van der Waals surface area contributed by atoms with Crippen LogP contribution in [0.1, 0.15) is 33.5 Å². The van der Waals surface area contributed by atoms with Gasteiger partial charge in [0.2, 0.25) is 0 Å². The van der Waals surface area contributed by atoms with Gasteiger partial charge in [0.15, 0.2) is 11.7 Å². The summed E-state index contributed by atoms with van der Waals surface area (Å²) in [6, 6.07) is 4.24. The highest BCUT2D eigenvalue weighted by atomic mass is 32.1. The van der Waals surface area contributed by atoms with E-state index in [1.54, 1.807) is 6.92 Å². The van der Waals surface area contributed by atoms with E-state index in [4.69, 9.17) is 0 Å². The van der Waals surface area contributed by atoms with Gasteiger partial charge < -0.3 is 16.0 Å². The second kappa shape index (κ2) is 10.2. The molecule has 0 spiro atoms. The van der Waals surface area contributed by atoms with Crippen LogP contribution in [0.25, 0.3) is 0 Å².